The molecule has 3 rings (SSSR count). The molecule has 1 saturated heterocycles. The van der Waals surface area contributed by atoms with Gasteiger partial charge in [-0.15, -0.1) is 0 Å². The molecule has 0 aromatic heterocycles. The number of carbonyl (C=O) groups excluding carboxylic acids is 2. The molecule has 2 atom stereocenters. The lowest BCUT2D eigenvalue weighted by Crippen LogP contribution is -2.45. The SMILES string of the molecule is O=C(NC1CCN(CC(F)(F)F)C1=O)C1=NN(c2ccccc2)C(C(=O)O)C1. The van der Waals surface area contributed by atoms with E-state index in [2.05, 4.69) is 10.4 Å². The third-order valence-electron chi connectivity index (χ3n) is 4.45. The van der Waals surface area contributed by atoms with E-state index in [-0.39, 0.29) is 25.1 Å². The van der Waals surface area contributed by atoms with Crippen molar-refractivity contribution >= 4 is 29.2 Å². The molecule has 1 aromatic carbocycles. The number of anilines is 1. The Balaban J connectivity index is 1.69. The first-order valence-corrected chi connectivity index (χ1v) is 8.46. The molecule has 2 amide bonds. The van der Waals surface area contributed by atoms with Crippen molar-refractivity contribution in [2.75, 3.05) is 18.1 Å². The number of hydrazone groups is 1. The Morgan fingerprint density at radius 1 is 1.25 bits per heavy atom. The van der Waals surface area contributed by atoms with Crippen molar-refractivity contribution in [3.8, 4) is 0 Å². The first-order chi connectivity index (χ1) is 13.2. The van der Waals surface area contributed by atoms with Crippen molar-refractivity contribution in [1.29, 1.82) is 0 Å². The van der Waals surface area contributed by atoms with Crippen LogP contribution in [0.1, 0.15) is 12.8 Å². The number of carbonyl (C=O) groups is 3. The molecule has 0 saturated carbocycles. The van der Waals surface area contributed by atoms with Gasteiger partial charge in [-0.2, -0.15) is 18.3 Å². The number of carboxylic acid groups (broad SMARTS) is 1. The molecule has 2 N–H and O–H groups in total. The molecule has 2 heterocycles. The smallest absolute Gasteiger partial charge is 0.406 e. The van der Waals surface area contributed by atoms with Gasteiger partial charge in [0.05, 0.1) is 5.69 Å². The monoisotopic (exact) mass is 398 g/mol. The van der Waals surface area contributed by atoms with Crippen LogP contribution in [-0.4, -0.2) is 64.9 Å². The molecule has 0 bridgehead atoms. The predicted molar refractivity (Wildman–Crippen MR) is 91.6 cm³/mol. The lowest BCUT2D eigenvalue weighted by atomic mass is 10.1. The van der Waals surface area contributed by atoms with Crippen LogP contribution in [0, 0.1) is 0 Å². The van der Waals surface area contributed by atoms with Crippen LogP contribution < -0.4 is 10.3 Å². The minimum Gasteiger partial charge on any atom is -0.480 e. The second-order valence-corrected chi connectivity index (χ2v) is 6.47. The number of benzene rings is 1. The number of carboxylic acids is 1. The number of halogens is 3. The van der Waals surface area contributed by atoms with Crippen LogP contribution in [0.2, 0.25) is 0 Å². The zero-order valence-electron chi connectivity index (χ0n) is 14.5. The summed E-state index contributed by atoms with van der Waals surface area (Å²) < 4.78 is 37.4. The molecule has 150 valence electrons. The third kappa shape index (κ3) is 4.24. The van der Waals surface area contributed by atoms with Gasteiger partial charge in [-0.25, -0.2) is 4.79 Å². The van der Waals surface area contributed by atoms with Crippen LogP contribution in [0.4, 0.5) is 18.9 Å². The topological polar surface area (TPSA) is 102 Å². The van der Waals surface area contributed by atoms with Gasteiger partial charge in [0.2, 0.25) is 5.91 Å². The zero-order chi connectivity index (χ0) is 20.5. The van der Waals surface area contributed by atoms with Crippen molar-refractivity contribution in [3.05, 3.63) is 30.3 Å². The van der Waals surface area contributed by atoms with Crippen molar-refractivity contribution in [2.24, 2.45) is 5.10 Å². The molecule has 1 aromatic rings. The average Bonchev–Trinajstić information content (AvgIpc) is 3.21. The Morgan fingerprint density at radius 3 is 2.54 bits per heavy atom. The highest BCUT2D eigenvalue weighted by Crippen LogP contribution is 2.25. The van der Waals surface area contributed by atoms with E-state index in [4.69, 9.17) is 0 Å². The molecule has 8 nitrogen and oxygen atoms in total. The number of rotatable bonds is 5. The van der Waals surface area contributed by atoms with E-state index in [1.807, 2.05) is 0 Å². The van der Waals surface area contributed by atoms with E-state index in [0.717, 1.165) is 0 Å². The normalized spacial score (nSPS) is 22.4. The maximum Gasteiger partial charge on any atom is 0.406 e. The van der Waals surface area contributed by atoms with E-state index in [1.54, 1.807) is 30.3 Å². The molecule has 11 heteroatoms. The second kappa shape index (κ2) is 7.49. The Labute approximate surface area is 157 Å². The summed E-state index contributed by atoms with van der Waals surface area (Å²) in [6.45, 7) is -1.49. The van der Waals surface area contributed by atoms with Crippen LogP contribution in [0.15, 0.2) is 35.4 Å². The summed E-state index contributed by atoms with van der Waals surface area (Å²) in [5.41, 5.74) is 0.379. The molecular formula is C17H17F3N4O4. The van der Waals surface area contributed by atoms with Gasteiger partial charge in [0.15, 0.2) is 6.04 Å². The molecular weight excluding hydrogens is 381 g/mol. The number of likely N-dealkylation sites (tertiary alicyclic amines) is 1. The number of para-hydroxylation sites is 1. The van der Waals surface area contributed by atoms with E-state index >= 15 is 0 Å². The maximum atomic E-state index is 12.5. The number of hydrogen-bond donors (Lipinski definition) is 2. The lowest BCUT2D eigenvalue weighted by Gasteiger charge is -2.19. The Hall–Kier alpha value is -3.11. The minimum absolute atomic E-state index is 0.0404. The minimum atomic E-state index is -4.52. The van der Waals surface area contributed by atoms with Gasteiger partial charge in [-0.1, -0.05) is 18.2 Å². The van der Waals surface area contributed by atoms with Crippen molar-refractivity contribution in [1.82, 2.24) is 10.2 Å². The van der Waals surface area contributed by atoms with Crippen molar-refractivity contribution < 1.29 is 32.7 Å². The van der Waals surface area contributed by atoms with Crippen molar-refractivity contribution in [2.45, 2.75) is 31.1 Å². The van der Waals surface area contributed by atoms with Gasteiger partial charge in [0.25, 0.3) is 5.91 Å². The molecule has 2 aliphatic heterocycles. The number of aliphatic carboxylic acids is 1. The standard InChI is InChI=1S/C17H17F3N4O4/c18-17(19,20)9-23-7-6-11(15(23)26)21-14(25)12-8-13(16(27)28)24(22-12)10-4-2-1-3-5-10/h1-5,11,13H,6-9H2,(H,21,25)(H,27,28). The molecule has 1 fully saturated rings. The third-order valence-corrected chi connectivity index (χ3v) is 4.45. The summed E-state index contributed by atoms with van der Waals surface area (Å²) in [4.78, 5) is 36.6. The first-order valence-electron chi connectivity index (χ1n) is 8.46. The van der Waals surface area contributed by atoms with E-state index in [1.165, 1.54) is 5.01 Å². The van der Waals surface area contributed by atoms with Crippen LogP contribution in [0.25, 0.3) is 0 Å². The fourth-order valence-corrected chi connectivity index (χ4v) is 3.15. The van der Waals surface area contributed by atoms with Gasteiger partial charge in [0.1, 0.15) is 18.3 Å². The highest BCUT2D eigenvalue weighted by Gasteiger charge is 2.41. The molecule has 0 radical (unpaired) electrons. The van der Waals surface area contributed by atoms with Gasteiger partial charge in [-0.05, 0) is 18.6 Å². The highest BCUT2D eigenvalue weighted by molar-refractivity contribution is 6.40. The summed E-state index contributed by atoms with van der Waals surface area (Å²) >= 11 is 0. The predicted octanol–water partition coefficient (Wildman–Crippen LogP) is 0.985. The molecule has 28 heavy (non-hydrogen) atoms. The number of amides is 2. The van der Waals surface area contributed by atoms with E-state index < -0.39 is 42.6 Å². The van der Waals surface area contributed by atoms with E-state index in [0.29, 0.717) is 10.6 Å². The summed E-state index contributed by atoms with van der Waals surface area (Å²) in [6.07, 6.45) is -4.67. The molecule has 2 unspecified atom stereocenters. The highest BCUT2D eigenvalue weighted by atomic mass is 19.4. The average molecular weight is 398 g/mol. The van der Waals surface area contributed by atoms with Gasteiger partial charge in [0, 0.05) is 13.0 Å². The Morgan fingerprint density at radius 2 is 1.93 bits per heavy atom. The van der Waals surface area contributed by atoms with Crippen LogP contribution in [0.5, 0.6) is 0 Å². The lowest BCUT2D eigenvalue weighted by molar-refractivity contribution is -0.158. The fraction of sp³-hybridized carbons (Fsp3) is 0.412. The molecule has 2 aliphatic rings. The molecule has 0 spiro atoms. The fourth-order valence-electron chi connectivity index (χ4n) is 3.15. The zero-order valence-corrected chi connectivity index (χ0v) is 14.5. The number of nitrogens with zero attached hydrogens (tertiary/aromatic N) is 3. The van der Waals surface area contributed by atoms with Crippen molar-refractivity contribution in [3.63, 3.8) is 0 Å². The first kappa shape index (κ1) is 19.6. The Kier molecular flexibility index (Phi) is 5.25. The summed E-state index contributed by atoms with van der Waals surface area (Å²) in [5.74, 6) is -2.76. The second-order valence-electron chi connectivity index (χ2n) is 6.47. The van der Waals surface area contributed by atoms with Crippen LogP contribution in [0.3, 0.4) is 0 Å². The van der Waals surface area contributed by atoms with E-state index in [9.17, 15) is 32.7 Å². The van der Waals surface area contributed by atoms with Crippen LogP contribution >= 0.6 is 0 Å². The van der Waals surface area contributed by atoms with Gasteiger partial charge >= 0.3 is 12.1 Å². The van der Waals surface area contributed by atoms with Gasteiger partial charge in [-0.3, -0.25) is 14.6 Å². The summed E-state index contributed by atoms with van der Waals surface area (Å²) in [6, 6.07) is 6.20. The molecule has 0 aliphatic carbocycles. The van der Waals surface area contributed by atoms with Crippen LogP contribution in [-0.2, 0) is 14.4 Å². The largest absolute Gasteiger partial charge is 0.480 e. The number of hydrogen-bond acceptors (Lipinski definition) is 5. The van der Waals surface area contributed by atoms with Gasteiger partial charge < -0.3 is 15.3 Å². The number of nitrogens with one attached hydrogen (secondary N) is 1. The quantitative estimate of drug-likeness (QED) is 0.770. The Bertz CT molecular complexity index is 812. The number of alkyl halides is 3. The maximum absolute atomic E-state index is 12.5. The summed E-state index contributed by atoms with van der Waals surface area (Å²) in [7, 11) is 0. The summed E-state index contributed by atoms with van der Waals surface area (Å²) in [5, 5.41) is 17.0.